The lowest BCUT2D eigenvalue weighted by molar-refractivity contribution is -0.110. The second-order valence-corrected chi connectivity index (χ2v) is 7.66. The number of aromatic nitrogens is 2. The van der Waals surface area contributed by atoms with E-state index in [1.807, 2.05) is 71.7 Å². The molecule has 5 rings (SSSR count). The third-order valence-electron chi connectivity index (χ3n) is 5.39. The van der Waals surface area contributed by atoms with E-state index in [2.05, 4.69) is 20.4 Å². The van der Waals surface area contributed by atoms with E-state index in [1.165, 1.54) is 0 Å². The number of nitrogens with zero attached hydrogens (tertiary/aromatic N) is 4. The molecule has 33 heavy (non-hydrogen) atoms. The summed E-state index contributed by atoms with van der Waals surface area (Å²) < 4.78 is 0. The number of carbonyl (C=O) groups excluding carboxylic acids is 1. The Morgan fingerprint density at radius 3 is 2.30 bits per heavy atom. The quantitative estimate of drug-likeness (QED) is 0.470. The average Bonchev–Trinajstić information content (AvgIpc) is 3.31. The van der Waals surface area contributed by atoms with Crippen molar-refractivity contribution in [2.24, 2.45) is 5.10 Å². The summed E-state index contributed by atoms with van der Waals surface area (Å²) in [7, 11) is 0. The van der Waals surface area contributed by atoms with Crippen LogP contribution in [0.4, 0.5) is 11.4 Å². The van der Waals surface area contributed by atoms with Crippen LogP contribution in [0, 0.1) is 0 Å². The van der Waals surface area contributed by atoms with Crippen molar-refractivity contribution in [2.45, 2.75) is 12.5 Å². The number of benzene rings is 3. The number of phenolic OH excluding ortho intramolecular Hbond substituents is 1. The predicted octanol–water partition coefficient (Wildman–Crippen LogP) is 4.80. The Balaban J connectivity index is 1.36. The van der Waals surface area contributed by atoms with Gasteiger partial charge in [0.25, 0.3) is 5.91 Å². The Labute approximate surface area is 191 Å². The molecule has 4 aromatic rings. The highest BCUT2D eigenvalue weighted by Crippen LogP contribution is 2.35. The molecule has 1 aliphatic rings. The summed E-state index contributed by atoms with van der Waals surface area (Å²) in [5.74, 6) is 0.313. The molecule has 0 saturated heterocycles. The van der Waals surface area contributed by atoms with Gasteiger partial charge in [-0.3, -0.25) is 9.80 Å². The zero-order valence-electron chi connectivity index (χ0n) is 17.7. The van der Waals surface area contributed by atoms with Gasteiger partial charge in [-0.15, -0.1) is 0 Å². The smallest absolute Gasteiger partial charge is 0.272 e. The van der Waals surface area contributed by atoms with E-state index in [4.69, 9.17) is 0 Å². The van der Waals surface area contributed by atoms with Crippen molar-refractivity contribution in [2.75, 3.05) is 10.3 Å². The monoisotopic (exact) mass is 435 g/mol. The normalized spacial score (nSPS) is 15.2. The topological polar surface area (TPSA) is 90.7 Å². The van der Waals surface area contributed by atoms with Gasteiger partial charge in [-0.05, 0) is 29.8 Å². The van der Waals surface area contributed by atoms with E-state index in [1.54, 1.807) is 30.6 Å². The summed E-state index contributed by atoms with van der Waals surface area (Å²) in [6.07, 6.45) is 3.57. The molecule has 7 nitrogen and oxygen atoms in total. The van der Waals surface area contributed by atoms with Gasteiger partial charge >= 0.3 is 0 Å². The number of anilines is 2. The maximum Gasteiger partial charge on any atom is 0.272 e. The van der Waals surface area contributed by atoms with Gasteiger partial charge in [0.2, 0.25) is 0 Å². The summed E-state index contributed by atoms with van der Waals surface area (Å²) in [4.78, 5) is 21.6. The highest BCUT2D eigenvalue weighted by atomic mass is 16.3. The Morgan fingerprint density at radius 1 is 0.909 bits per heavy atom. The van der Waals surface area contributed by atoms with Crippen molar-refractivity contribution in [1.29, 1.82) is 0 Å². The molecule has 1 aromatic heterocycles. The number of hydrogen-bond donors (Lipinski definition) is 2. The van der Waals surface area contributed by atoms with Crippen LogP contribution >= 0.6 is 0 Å². The number of phenols is 1. The van der Waals surface area contributed by atoms with Gasteiger partial charge in [0.05, 0.1) is 29.8 Å². The first kappa shape index (κ1) is 20.4. The Kier molecular flexibility index (Phi) is 5.51. The van der Waals surface area contributed by atoms with E-state index in [-0.39, 0.29) is 17.7 Å². The zero-order chi connectivity index (χ0) is 22.6. The predicted molar refractivity (Wildman–Crippen MR) is 128 cm³/mol. The molecular weight excluding hydrogens is 414 g/mol. The number of nitrogens with one attached hydrogen (secondary N) is 1. The first-order chi connectivity index (χ1) is 16.2. The summed E-state index contributed by atoms with van der Waals surface area (Å²) >= 11 is 0. The lowest BCUT2D eigenvalue weighted by Gasteiger charge is -2.23. The standard InChI is InChI=1S/C26H21N5O2/c32-22-13-7-10-19(14-22)25-27-16-20(17-28-25)29-26(33)23-15-24(18-8-3-1-4-9-18)31(30-23)21-11-5-2-6-12-21/h1-14,16-17,24,32H,15H2,(H,29,33). The first-order valence-electron chi connectivity index (χ1n) is 10.6. The molecule has 3 aromatic carbocycles. The van der Waals surface area contributed by atoms with Gasteiger partial charge in [-0.2, -0.15) is 5.10 Å². The van der Waals surface area contributed by atoms with Crippen molar-refractivity contribution in [3.8, 4) is 17.1 Å². The largest absolute Gasteiger partial charge is 0.508 e. The summed E-state index contributed by atoms with van der Waals surface area (Å²) in [5, 5.41) is 19.0. The van der Waals surface area contributed by atoms with Crippen LogP contribution in [0.3, 0.4) is 0 Å². The average molecular weight is 435 g/mol. The molecule has 162 valence electrons. The number of hydrazone groups is 1. The fourth-order valence-electron chi connectivity index (χ4n) is 3.79. The third-order valence-corrected chi connectivity index (χ3v) is 5.39. The molecule has 1 unspecified atom stereocenters. The molecular formula is C26H21N5O2. The van der Waals surface area contributed by atoms with E-state index >= 15 is 0 Å². The highest BCUT2D eigenvalue weighted by molar-refractivity contribution is 6.43. The zero-order valence-corrected chi connectivity index (χ0v) is 17.7. The molecule has 2 N–H and O–H groups in total. The van der Waals surface area contributed by atoms with Gasteiger partial charge in [-0.25, -0.2) is 9.97 Å². The van der Waals surface area contributed by atoms with Crippen molar-refractivity contribution in [3.63, 3.8) is 0 Å². The molecule has 0 bridgehead atoms. The number of hydrogen-bond acceptors (Lipinski definition) is 6. The van der Waals surface area contributed by atoms with Crippen molar-refractivity contribution in [3.05, 3.63) is 103 Å². The SMILES string of the molecule is O=C(Nc1cnc(-c2cccc(O)c2)nc1)C1=NN(c2ccccc2)C(c2ccccc2)C1. The lowest BCUT2D eigenvalue weighted by Crippen LogP contribution is -2.22. The van der Waals surface area contributed by atoms with Crippen LogP contribution in [0.25, 0.3) is 11.4 Å². The molecule has 2 heterocycles. The van der Waals surface area contributed by atoms with E-state index in [0.29, 0.717) is 29.2 Å². The maximum atomic E-state index is 13.0. The number of para-hydroxylation sites is 1. The van der Waals surface area contributed by atoms with Crippen LogP contribution in [0.5, 0.6) is 5.75 Å². The fourth-order valence-corrected chi connectivity index (χ4v) is 3.79. The maximum absolute atomic E-state index is 13.0. The van der Waals surface area contributed by atoms with E-state index in [0.717, 1.165) is 11.3 Å². The van der Waals surface area contributed by atoms with Crippen LogP contribution in [0.1, 0.15) is 18.0 Å². The van der Waals surface area contributed by atoms with E-state index < -0.39 is 0 Å². The minimum Gasteiger partial charge on any atom is -0.508 e. The number of aromatic hydroxyl groups is 1. The van der Waals surface area contributed by atoms with Crippen LogP contribution < -0.4 is 10.3 Å². The number of rotatable bonds is 5. The fraction of sp³-hybridized carbons (Fsp3) is 0.0769. The summed E-state index contributed by atoms with van der Waals surface area (Å²) in [6.45, 7) is 0. The Bertz CT molecular complexity index is 1290. The number of carbonyl (C=O) groups is 1. The van der Waals surface area contributed by atoms with E-state index in [9.17, 15) is 9.90 Å². The summed E-state index contributed by atoms with van der Waals surface area (Å²) in [5.41, 5.74) is 3.61. The molecule has 0 aliphatic carbocycles. The van der Waals surface area contributed by atoms with Crippen LogP contribution in [0.15, 0.2) is 102 Å². The lowest BCUT2D eigenvalue weighted by atomic mass is 10.0. The second-order valence-electron chi connectivity index (χ2n) is 7.66. The van der Waals surface area contributed by atoms with Crippen molar-refractivity contribution in [1.82, 2.24) is 9.97 Å². The minimum atomic E-state index is -0.289. The Morgan fingerprint density at radius 2 is 1.61 bits per heavy atom. The molecule has 1 atom stereocenters. The first-order valence-corrected chi connectivity index (χ1v) is 10.6. The van der Waals surface area contributed by atoms with Gasteiger partial charge < -0.3 is 10.4 Å². The molecule has 1 amide bonds. The van der Waals surface area contributed by atoms with Crippen molar-refractivity contribution < 1.29 is 9.90 Å². The molecule has 0 radical (unpaired) electrons. The highest BCUT2D eigenvalue weighted by Gasteiger charge is 2.32. The minimum absolute atomic E-state index is 0.0706. The van der Waals surface area contributed by atoms with Gasteiger partial charge in [0, 0.05) is 12.0 Å². The summed E-state index contributed by atoms with van der Waals surface area (Å²) in [6, 6.07) is 26.5. The molecule has 0 saturated carbocycles. The van der Waals surface area contributed by atoms with Crippen LogP contribution in [0.2, 0.25) is 0 Å². The number of amides is 1. The second kappa shape index (κ2) is 8.92. The van der Waals surface area contributed by atoms with Crippen LogP contribution in [-0.2, 0) is 4.79 Å². The molecule has 0 fully saturated rings. The molecule has 7 heteroatoms. The van der Waals surface area contributed by atoms with Gasteiger partial charge in [0.1, 0.15) is 11.5 Å². The Hall–Kier alpha value is -4.52. The third kappa shape index (κ3) is 4.43. The van der Waals surface area contributed by atoms with Gasteiger partial charge in [0.15, 0.2) is 5.82 Å². The molecule has 1 aliphatic heterocycles. The van der Waals surface area contributed by atoms with Crippen molar-refractivity contribution >= 4 is 23.0 Å². The van der Waals surface area contributed by atoms with Gasteiger partial charge in [-0.1, -0.05) is 60.7 Å². The molecule has 0 spiro atoms. The van der Waals surface area contributed by atoms with Crippen LogP contribution in [-0.4, -0.2) is 26.7 Å².